The van der Waals surface area contributed by atoms with Crippen LogP contribution in [0, 0.1) is 11.7 Å². The molecule has 1 aromatic carbocycles. The van der Waals surface area contributed by atoms with Gasteiger partial charge in [0.1, 0.15) is 5.82 Å². The number of benzene rings is 1. The van der Waals surface area contributed by atoms with Gasteiger partial charge in [0.05, 0.1) is 11.4 Å². The Labute approximate surface area is 177 Å². The average Bonchev–Trinajstić information content (AvgIpc) is 3.49. The van der Waals surface area contributed by atoms with Crippen LogP contribution in [0.25, 0.3) is 5.69 Å². The van der Waals surface area contributed by atoms with Crippen molar-refractivity contribution in [2.75, 3.05) is 19.6 Å². The van der Waals surface area contributed by atoms with E-state index in [2.05, 4.69) is 41.3 Å². The summed E-state index contributed by atoms with van der Waals surface area (Å²) in [4.78, 5) is 15.5. The maximum absolute atomic E-state index is 13.7. The molecule has 0 spiro atoms. The van der Waals surface area contributed by atoms with E-state index < -0.39 is 0 Å². The first-order valence-electron chi connectivity index (χ1n) is 11.1. The lowest BCUT2D eigenvalue weighted by Gasteiger charge is -2.43. The molecule has 1 aliphatic carbocycles. The molecule has 6 nitrogen and oxygen atoms in total. The highest BCUT2D eigenvalue weighted by Gasteiger charge is 2.36. The second-order valence-corrected chi connectivity index (χ2v) is 9.35. The Balaban J connectivity index is 1.49. The van der Waals surface area contributed by atoms with E-state index in [1.165, 1.54) is 31.4 Å². The van der Waals surface area contributed by atoms with E-state index in [-0.39, 0.29) is 23.2 Å². The third kappa shape index (κ3) is 4.41. The molecule has 4 rings (SSSR count). The molecule has 0 radical (unpaired) electrons. The average molecular weight is 414 g/mol. The van der Waals surface area contributed by atoms with E-state index in [1.807, 2.05) is 0 Å². The van der Waals surface area contributed by atoms with Crippen molar-refractivity contribution >= 4 is 5.91 Å². The van der Waals surface area contributed by atoms with Crippen molar-refractivity contribution in [3.8, 4) is 5.69 Å². The second kappa shape index (κ2) is 8.46. The van der Waals surface area contributed by atoms with Gasteiger partial charge >= 0.3 is 0 Å². The lowest BCUT2D eigenvalue weighted by atomic mass is 9.91. The van der Waals surface area contributed by atoms with Gasteiger partial charge in [-0.3, -0.25) is 9.69 Å². The molecule has 1 aromatic heterocycles. The van der Waals surface area contributed by atoms with Gasteiger partial charge in [0.2, 0.25) is 0 Å². The Morgan fingerprint density at radius 3 is 2.80 bits per heavy atom. The summed E-state index contributed by atoms with van der Waals surface area (Å²) in [5.74, 6) is 0.465. The van der Waals surface area contributed by atoms with Gasteiger partial charge in [-0.15, -0.1) is 5.10 Å². The largest absolute Gasteiger partial charge is 0.349 e. The van der Waals surface area contributed by atoms with Gasteiger partial charge < -0.3 is 5.32 Å². The summed E-state index contributed by atoms with van der Waals surface area (Å²) in [6.07, 6.45) is 5.71. The fraction of sp³-hybridized carbons (Fsp3) is 0.609. The van der Waals surface area contributed by atoms with Crippen molar-refractivity contribution in [2.45, 2.75) is 64.3 Å². The number of piperidine rings is 1. The first-order valence-corrected chi connectivity index (χ1v) is 11.1. The number of halogens is 1. The lowest BCUT2D eigenvalue weighted by Crippen LogP contribution is -2.54. The Morgan fingerprint density at radius 2 is 2.10 bits per heavy atom. The highest BCUT2D eigenvalue weighted by Crippen LogP contribution is 2.42. The monoisotopic (exact) mass is 413 g/mol. The molecular formula is C23H32FN5O. The summed E-state index contributed by atoms with van der Waals surface area (Å²) < 4.78 is 15.3. The summed E-state index contributed by atoms with van der Waals surface area (Å²) in [6.45, 7) is 9.35. The van der Waals surface area contributed by atoms with Crippen LogP contribution >= 0.6 is 0 Å². The SMILES string of the molecule is CCC1CCCN(C(C)(C)CNC(=O)c2nnn(-c3cccc(F)c3)c2C2CC2)C1. The molecule has 1 N–H and O–H groups in total. The van der Waals surface area contributed by atoms with Gasteiger partial charge in [-0.25, -0.2) is 9.07 Å². The van der Waals surface area contributed by atoms with Crippen LogP contribution in [0.3, 0.4) is 0 Å². The molecule has 1 amide bonds. The van der Waals surface area contributed by atoms with Crippen molar-refractivity contribution in [1.29, 1.82) is 0 Å². The number of carbonyl (C=O) groups excluding carboxylic acids is 1. The van der Waals surface area contributed by atoms with Crippen LogP contribution in [0.15, 0.2) is 24.3 Å². The van der Waals surface area contributed by atoms with E-state index in [9.17, 15) is 9.18 Å². The molecule has 1 aliphatic heterocycles. The molecular weight excluding hydrogens is 381 g/mol. The molecule has 2 fully saturated rings. The minimum absolute atomic E-state index is 0.123. The summed E-state index contributed by atoms with van der Waals surface area (Å²) in [7, 11) is 0. The van der Waals surface area contributed by atoms with Crippen molar-refractivity contribution in [3.63, 3.8) is 0 Å². The first kappa shape index (κ1) is 21.0. The number of aromatic nitrogens is 3. The van der Waals surface area contributed by atoms with Crippen molar-refractivity contribution < 1.29 is 9.18 Å². The number of nitrogens with zero attached hydrogens (tertiary/aromatic N) is 4. The van der Waals surface area contributed by atoms with Gasteiger partial charge in [0.25, 0.3) is 5.91 Å². The molecule has 162 valence electrons. The van der Waals surface area contributed by atoms with Crippen LogP contribution in [0.1, 0.15) is 75.0 Å². The summed E-state index contributed by atoms with van der Waals surface area (Å²) in [6, 6.07) is 6.25. The lowest BCUT2D eigenvalue weighted by molar-refractivity contribution is 0.0610. The maximum Gasteiger partial charge on any atom is 0.273 e. The summed E-state index contributed by atoms with van der Waals surface area (Å²) in [5.41, 5.74) is 1.63. The number of rotatable bonds is 7. The van der Waals surface area contributed by atoms with Crippen LogP contribution in [-0.2, 0) is 0 Å². The van der Waals surface area contributed by atoms with Gasteiger partial charge in [0.15, 0.2) is 5.69 Å². The molecule has 1 saturated carbocycles. The minimum Gasteiger partial charge on any atom is -0.349 e. The van der Waals surface area contributed by atoms with Crippen molar-refractivity contribution in [3.05, 3.63) is 41.5 Å². The Hall–Kier alpha value is -2.28. The van der Waals surface area contributed by atoms with Crippen LogP contribution in [-0.4, -0.2) is 51.0 Å². The third-order valence-electron chi connectivity index (χ3n) is 6.57. The highest BCUT2D eigenvalue weighted by atomic mass is 19.1. The zero-order valence-corrected chi connectivity index (χ0v) is 18.2. The zero-order valence-electron chi connectivity index (χ0n) is 18.2. The van der Waals surface area contributed by atoms with Gasteiger partial charge in [-0.05, 0) is 70.2 Å². The van der Waals surface area contributed by atoms with Crippen LogP contribution in [0.2, 0.25) is 0 Å². The molecule has 2 aromatic rings. The quantitative estimate of drug-likeness (QED) is 0.747. The maximum atomic E-state index is 13.7. The number of nitrogens with one attached hydrogen (secondary N) is 1. The molecule has 2 heterocycles. The van der Waals surface area contributed by atoms with E-state index in [0.29, 0.717) is 17.9 Å². The number of hydrogen-bond acceptors (Lipinski definition) is 4. The molecule has 30 heavy (non-hydrogen) atoms. The first-order chi connectivity index (χ1) is 14.4. The highest BCUT2D eigenvalue weighted by molar-refractivity contribution is 5.93. The Kier molecular flexibility index (Phi) is 5.91. The van der Waals surface area contributed by atoms with E-state index in [0.717, 1.165) is 37.5 Å². The predicted octanol–water partition coefficient (Wildman–Crippen LogP) is 3.91. The van der Waals surface area contributed by atoms with Crippen LogP contribution in [0.4, 0.5) is 4.39 Å². The Morgan fingerprint density at radius 1 is 1.30 bits per heavy atom. The van der Waals surface area contributed by atoms with Gasteiger partial charge in [0, 0.05) is 24.5 Å². The van der Waals surface area contributed by atoms with Gasteiger partial charge in [-0.1, -0.05) is 24.6 Å². The fourth-order valence-corrected chi connectivity index (χ4v) is 4.41. The minimum atomic E-state index is -0.329. The number of carbonyl (C=O) groups is 1. The van der Waals surface area contributed by atoms with Crippen molar-refractivity contribution in [2.24, 2.45) is 5.92 Å². The molecule has 0 bridgehead atoms. The fourth-order valence-electron chi connectivity index (χ4n) is 4.41. The molecule has 2 aliphatic rings. The standard InChI is InChI=1S/C23H32FN5O/c1-4-16-7-6-12-28(14-16)23(2,3)15-25-22(30)20-21(17-10-11-17)29(27-26-20)19-9-5-8-18(24)13-19/h5,8-9,13,16-17H,4,6-7,10-12,14-15H2,1-3H3,(H,25,30). The molecule has 1 atom stereocenters. The van der Waals surface area contributed by atoms with E-state index >= 15 is 0 Å². The Bertz CT molecular complexity index is 905. The predicted molar refractivity (Wildman–Crippen MR) is 114 cm³/mol. The second-order valence-electron chi connectivity index (χ2n) is 9.35. The third-order valence-corrected chi connectivity index (χ3v) is 6.57. The van der Waals surface area contributed by atoms with Gasteiger partial charge in [-0.2, -0.15) is 0 Å². The van der Waals surface area contributed by atoms with Crippen LogP contribution in [0.5, 0.6) is 0 Å². The topological polar surface area (TPSA) is 63.1 Å². The summed E-state index contributed by atoms with van der Waals surface area (Å²) >= 11 is 0. The smallest absolute Gasteiger partial charge is 0.273 e. The summed E-state index contributed by atoms with van der Waals surface area (Å²) in [5, 5.41) is 11.5. The number of amides is 1. The van der Waals surface area contributed by atoms with E-state index in [4.69, 9.17) is 0 Å². The molecule has 1 saturated heterocycles. The zero-order chi connectivity index (χ0) is 21.3. The molecule has 1 unspecified atom stereocenters. The normalized spacial score (nSPS) is 20.3. The van der Waals surface area contributed by atoms with E-state index in [1.54, 1.807) is 16.8 Å². The van der Waals surface area contributed by atoms with Crippen LogP contribution < -0.4 is 5.32 Å². The molecule has 7 heteroatoms. The van der Waals surface area contributed by atoms with Crippen molar-refractivity contribution in [1.82, 2.24) is 25.2 Å². The number of hydrogen-bond donors (Lipinski definition) is 1. The number of likely N-dealkylation sites (tertiary alicyclic amines) is 1.